The number of aryl methyl sites for hydroxylation is 1. The van der Waals surface area contributed by atoms with Gasteiger partial charge < -0.3 is 19.5 Å². The van der Waals surface area contributed by atoms with Crippen LogP contribution in [0.4, 0.5) is 0 Å². The number of sulfone groups is 1. The van der Waals surface area contributed by atoms with Gasteiger partial charge in [0.25, 0.3) is 0 Å². The number of aromatic nitrogens is 2. The van der Waals surface area contributed by atoms with Gasteiger partial charge in [-0.15, -0.1) is 0 Å². The number of hydrogen-bond acceptors (Lipinski definition) is 7. The first-order valence-electron chi connectivity index (χ1n) is 12.2. The summed E-state index contributed by atoms with van der Waals surface area (Å²) in [6.07, 6.45) is 4.14. The third-order valence-electron chi connectivity index (χ3n) is 6.63. The summed E-state index contributed by atoms with van der Waals surface area (Å²) >= 11 is 0. The number of nitrogens with one attached hydrogen (secondary N) is 1. The Morgan fingerprint density at radius 3 is 2.47 bits per heavy atom. The molecule has 0 aliphatic carbocycles. The average molecular weight is 514 g/mol. The van der Waals surface area contributed by atoms with Gasteiger partial charge in [-0.2, -0.15) is 5.10 Å². The monoisotopic (exact) mass is 513 g/mol. The predicted molar refractivity (Wildman–Crippen MR) is 138 cm³/mol. The van der Waals surface area contributed by atoms with Crippen LogP contribution in [0.2, 0.25) is 0 Å². The fourth-order valence-electron chi connectivity index (χ4n) is 4.84. The van der Waals surface area contributed by atoms with Crippen LogP contribution in [-0.2, 0) is 23.3 Å². The second kappa shape index (κ2) is 10.9. The molecule has 8 nitrogen and oxygen atoms in total. The van der Waals surface area contributed by atoms with Crippen LogP contribution in [0.1, 0.15) is 55.5 Å². The van der Waals surface area contributed by atoms with E-state index in [4.69, 9.17) is 14.2 Å². The highest BCUT2D eigenvalue weighted by Gasteiger charge is 2.26. The fraction of sp³-hybridized carbons (Fsp3) is 0.444. The van der Waals surface area contributed by atoms with Gasteiger partial charge in [-0.05, 0) is 79.3 Å². The molecule has 0 saturated carbocycles. The molecule has 3 aromatic rings. The minimum absolute atomic E-state index is 0.0404. The van der Waals surface area contributed by atoms with Crippen LogP contribution in [0.3, 0.4) is 0 Å². The van der Waals surface area contributed by atoms with Gasteiger partial charge in [-0.3, -0.25) is 4.68 Å². The van der Waals surface area contributed by atoms with Crippen molar-refractivity contribution >= 4 is 9.84 Å². The van der Waals surface area contributed by atoms with E-state index in [2.05, 4.69) is 22.5 Å². The molecule has 4 rings (SSSR count). The maximum absolute atomic E-state index is 13.2. The number of methoxy groups -OCH3 is 2. The van der Waals surface area contributed by atoms with E-state index < -0.39 is 9.84 Å². The molecule has 1 N–H and O–H groups in total. The number of nitrogens with zero attached hydrogens (tertiary/aromatic N) is 2. The largest absolute Gasteiger partial charge is 0.494 e. The van der Waals surface area contributed by atoms with Gasteiger partial charge in [0.2, 0.25) is 9.84 Å². The van der Waals surface area contributed by atoms with Crippen LogP contribution in [0.15, 0.2) is 52.4 Å². The molecule has 2 aromatic carbocycles. The maximum Gasteiger partial charge on any atom is 0.209 e. The van der Waals surface area contributed by atoms with Gasteiger partial charge in [0, 0.05) is 13.1 Å². The van der Waals surface area contributed by atoms with E-state index >= 15 is 0 Å². The molecule has 1 aliphatic heterocycles. The van der Waals surface area contributed by atoms with Gasteiger partial charge >= 0.3 is 0 Å². The summed E-state index contributed by atoms with van der Waals surface area (Å²) in [5.41, 5.74) is 3.22. The highest BCUT2D eigenvalue weighted by atomic mass is 32.2. The Hall–Kier alpha value is -3.04. The van der Waals surface area contributed by atoms with Crippen molar-refractivity contribution in [1.29, 1.82) is 0 Å². The lowest BCUT2D eigenvalue weighted by atomic mass is 9.91. The molecule has 0 spiro atoms. The lowest BCUT2D eigenvalue weighted by Crippen LogP contribution is -2.30. The van der Waals surface area contributed by atoms with E-state index in [9.17, 15) is 8.42 Å². The summed E-state index contributed by atoms with van der Waals surface area (Å²) < 4.78 is 44.9. The van der Waals surface area contributed by atoms with E-state index in [0.29, 0.717) is 18.1 Å². The molecule has 9 heteroatoms. The van der Waals surface area contributed by atoms with E-state index in [-0.39, 0.29) is 21.8 Å². The predicted octanol–water partition coefficient (Wildman–Crippen LogP) is 4.44. The van der Waals surface area contributed by atoms with Crippen molar-refractivity contribution in [2.75, 3.05) is 27.4 Å². The van der Waals surface area contributed by atoms with E-state index in [1.165, 1.54) is 17.3 Å². The molecule has 0 fully saturated rings. The highest BCUT2D eigenvalue weighted by molar-refractivity contribution is 7.91. The van der Waals surface area contributed by atoms with Crippen LogP contribution in [0, 0.1) is 0 Å². The second-order valence-corrected chi connectivity index (χ2v) is 11.2. The van der Waals surface area contributed by atoms with Gasteiger partial charge in [0.1, 0.15) is 10.6 Å². The summed E-state index contributed by atoms with van der Waals surface area (Å²) in [5.74, 6) is 2.18. The Morgan fingerprint density at radius 2 is 1.81 bits per heavy atom. The quantitative estimate of drug-likeness (QED) is 0.401. The van der Waals surface area contributed by atoms with Crippen molar-refractivity contribution in [3.8, 4) is 17.2 Å². The number of rotatable bonds is 10. The number of benzene rings is 2. The van der Waals surface area contributed by atoms with Crippen LogP contribution >= 0.6 is 0 Å². The van der Waals surface area contributed by atoms with Crippen LogP contribution < -0.4 is 19.5 Å². The van der Waals surface area contributed by atoms with Crippen molar-refractivity contribution in [3.05, 3.63) is 59.4 Å². The van der Waals surface area contributed by atoms with Crippen molar-refractivity contribution in [1.82, 2.24) is 15.1 Å². The zero-order valence-electron chi connectivity index (χ0n) is 21.6. The summed E-state index contributed by atoms with van der Waals surface area (Å²) in [6, 6.07) is 11.0. The van der Waals surface area contributed by atoms with Crippen molar-refractivity contribution in [2.45, 2.75) is 54.9 Å². The van der Waals surface area contributed by atoms with E-state index in [0.717, 1.165) is 37.3 Å². The summed E-state index contributed by atoms with van der Waals surface area (Å²) in [6.45, 7) is 5.37. The Kier molecular flexibility index (Phi) is 7.90. The maximum atomic E-state index is 13.2. The molecule has 0 saturated heterocycles. The van der Waals surface area contributed by atoms with Crippen LogP contribution in [0.5, 0.6) is 17.2 Å². The molecule has 1 aliphatic rings. The normalized spacial score (nSPS) is 15.6. The van der Waals surface area contributed by atoms with Gasteiger partial charge in [0.05, 0.1) is 37.6 Å². The molecular formula is C27H35N3O5S. The van der Waals surface area contributed by atoms with E-state index in [1.807, 2.05) is 13.8 Å². The van der Waals surface area contributed by atoms with Crippen molar-refractivity contribution < 1.29 is 22.6 Å². The number of ether oxygens (including phenoxy) is 3. The Morgan fingerprint density at radius 1 is 1.11 bits per heavy atom. The molecule has 1 aromatic heterocycles. The molecule has 0 radical (unpaired) electrons. The minimum Gasteiger partial charge on any atom is -0.494 e. The molecule has 0 amide bonds. The number of hydrogen-bond donors (Lipinski definition) is 1. The molecule has 1 atom stereocenters. The zero-order chi connectivity index (χ0) is 25.9. The van der Waals surface area contributed by atoms with Gasteiger partial charge in [0.15, 0.2) is 11.5 Å². The first-order chi connectivity index (χ1) is 17.3. The lowest BCUT2D eigenvalue weighted by molar-refractivity contribution is 0.294. The van der Waals surface area contributed by atoms with Crippen LogP contribution in [0.25, 0.3) is 0 Å². The Balaban J connectivity index is 1.37. The average Bonchev–Trinajstić information content (AvgIpc) is 3.28. The third kappa shape index (κ3) is 5.22. The van der Waals surface area contributed by atoms with Gasteiger partial charge in [-0.1, -0.05) is 13.8 Å². The molecule has 0 bridgehead atoms. The SMILES string of the molecule is COc1cc2c(cc1OC)C(CCCOc1ccc(S(=O)(=O)c3cnn(C)c3C(C)C)cc1)NCC2. The molecule has 36 heavy (non-hydrogen) atoms. The second-order valence-electron chi connectivity index (χ2n) is 9.30. The minimum atomic E-state index is -3.66. The highest BCUT2D eigenvalue weighted by Crippen LogP contribution is 2.36. The van der Waals surface area contributed by atoms with E-state index in [1.54, 1.807) is 50.2 Å². The summed E-state index contributed by atoms with van der Waals surface area (Å²) in [7, 11) is 1.42. The first-order valence-corrected chi connectivity index (χ1v) is 13.7. The molecule has 2 heterocycles. The van der Waals surface area contributed by atoms with Crippen LogP contribution in [-0.4, -0.2) is 45.6 Å². The lowest BCUT2D eigenvalue weighted by Gasteiger charge is -2.28. The third-order valence-corrected chi connectivity index (χ3v) is 8.42. The topological polar surface area (TPSA) is 91.7 Å². The summed E-state index contributed by atoms with van der Waals surface area (Å²) in [4.78, 5) is 0.486. The zero-order valence-corrected chi connectivity index (χ0v) is 22.4. The van der Waals surface area contributed by atoms with Gasteiger partial charge in [-0.25, -0.2) is 8.42 Å². The van der Waals surface area contributed by atoms with Crippen molar-refractivity contribution in [3.63, 3.8) is 0 Å². The Bertz CT molecular complexity index is 1300. The first kappa shape index (κ1) is 26.0. The summed E-state index contributed by atoms with van der Waals surface area (Å²) in [5, 5.41) is 7.75. The fourth-order valence-corrected chi connectivity index (χ4v) is 6.42. The van der Waals surface area contributed by atoms with Crippen molar-refractivity contribution in [2.24, 2.45) is 7.05 Å². The molecule has 194 valence electrons. The smallest absolute Gasteiger partial charge is 0.209 e. The standard InChI is InChI=1S/C27H35N3O5S/c1-18(2)27-26(17-29-30(27)3)36(31,32)21-10-8-20(9-11-21)35-14-6-7-23-22-16-25(34-5)24(33-4)15-19(22)12-13-28-23/h8-11,15-18,23,28H,6-7,12-14H2,1-5H3. The number of fused-ring (bicyclic) bond motifs is 1. The Labute approximate surface area is 213 Å². The molecule has 1 unspecified atom stereocenters. The molecular weight excluding hydrogens is 478 g/mol.